The molecule has 0 radical (unpaired) electrons. The molecule has 1 saturated heterocycles. The molecule has 1 spiro atoms. The Morgan fingerprint density at radius 2 is 1.92 bits per heavy atom. The van der Waals surface area contributed by atoms with Crippen LogP contribution in [0.15, 0.2) is 23.3 Å². The van der Waals surface area contributed by atoms with Crippen molar-refractivity contribution in [2.24, 2.45) is 22.7 Å². The molecular weight excluding hydrogens is 312 g/mol. The van der Waals surface area contributed by atoms with Crippen LogP contribution >= 0.6 is 0 Å². The second-order valence-corrected chi connectivity index (χ2v) is 9.51. The fourth-order valence-corrected chi connectivity index (χ4v) is 7.07. The van der Waals surface area contributed by atoms with Crippen LogP contribution in [0.3, 0.4) is 0 Å². The van der Waals surface area contributed by atoms with Crippen molar-refractivity contribution in [2.75, 3.05) is 0 Å². The van der Waals surface area contributed by atoms with Crippen LogP contribution in [0, 0.1) is 22.7 Å². The molecule has 5 atom stereocenters. The van der Waals surface area contributed by atoms with Crippen molar-refractivity contribution in [3.05, 3.63) is 23.3 Å². The van der Waals surface area contributed by atoms with E-state index in [1.54, 1.807) is 5.57 Å². The summed E-state index contributed by atoms with van der Waals surface area (Å²) in [6, 6.07) is 0. The monoisotopic (exact) mass is 340 g/mol. The number of carbonyl (C=O) groups excluding carboxylic acids is 2. The van der Waals surface area contributed by atoms with E-state index in [4.69, 9.17) is 4.74 Å². The van der Waals surface area contributed by atoms with E-state index < -0.39 is 0 Å². The van der Waals surface area contributed by atoms with Crippen LogP contribution in [0.4, 0.5) is 0 Å². The molecule has 25 heavy (non-hydrogen) atoms. The summed E-state index contributed by atoms with van der Waals surface area (Å²) in [5.41, 5.74) is 2.93. The van der Waals surface area contributed by atoms with Crippen LogP contribution in [0.2, 0.25) is 0 Å². The van der Waals surface area contributed by atoms with Gasteiger partial charge in [0.25, 0.3) is 0 Å². The maximum Gasteiger partial charge on any atom is 0.306 e. The van der Waals surface area contributed by atoms with E-state index in [2.05, 4.69) is 26.0 Å². The van der Waals surface area contributed by atoms with Gasteiger partial charge in [-0.15, -0.1) is 0 Å². The van der Waals surface area contributed by atoms with E-state index in [-0.39, 0.29) is 22.4 Å². The van der Waals surface area contributed by atoms with Crippen molar-refractivity contribution in [3.63, 3.8) is 0 Å². The maximum atomic E-state index is 11.9. The second kappa shape index (κ2) is 4.86. The van der Waals surface area contributed by atoms with Gasteiger partial charge in [-0.3, -0.25) is 9.59 Å². The summed E-state index contributed by atoms with van der Waals surface area (Å²) in [4.78, 5) is 23.8. The van der Waals surface area contributed by atoms with Crippen molar-refractivity contribution >= 4 is 11.8 Å². The van der Waals surface area contributed by atoms with E-state index in [9.17, 15) is 9.59 Å². The van der Waals surface area contributed by atoms with Crippen LogP contribution in [0.25, 0.3) is 0 Å². The van der Waals surface area contributed by atoms with E-state index in [1.807, 2.05) is 0 Å². The van der Waals surface area contributed by atoms with Crippen LogP contribution in [0.1, 0.15) is 71.6 Å². The smallest absolute Gasteiger partial charge is 0.306 e. The zero-order valence-electron chi connectivity index (χ0n) is 15.4. The number of ketones is 1. The molecule has 5 rings (SSSR count). The SMILES string of the molecule is C[C@]12CCC(=O)CC1=CCC1C2=CC[C@@]2(C)C1CCC21CCC(=O)O1. The van der Waals surface area contributed by atoms with E-state index in [1.165, 1.54) is 12.0 Å². The Morgan fingerprint density at radius 1 is 1.08 bits per heavy atom. The van der Waals surface area contributed by atoms with Crippen LogP contribution in [-0.2, 0) is 14.3 Å². The van der Waals surface area contributed by atoms with E-state index in [0.29, 0.717) is 30.5 Å². The summed E-state index contributed by atoms with van der Waals surface area (Å²) >= 11 is 0. The molecule has 0 aromatic rings. The van der Waals surface area contributed by atoms with Gasteiger partial charge in [-0.1, -0.05) is 37.1 Å². The molecule has 2 saturated carbocycles. The number of esters is 1. The summed E-state index contributed by atoms with van der Waals surface area (Å²) in [5.74, 6) is 1.58. The molecule has 0 aromatic heterocycles. The lowest BCUT2D eigenvalue weighted by Gasteiger charge is -2.54. The van der Waals surface area contributed by atoms with Crippen molar-refractivity contribution in [1.29, 1.82) is 0 Å². The molecule has 5 aliphatic rings. The molecule has 0 aromatic carbocycles. The molecule has 4 aliphatic carbocycles. The lowest BCUT2D eigenvalue weighted by Crippen LogP contribution is -2.50. The Bertz CT molecular complexity index is 732. The summed E-state index contributed by atoms with van der Waals surface area (Å²) in [6.45, 7) is 4.74. The molecule has 3 fully saturated rings. The first-order chi connectivity index (χ1) is 11.9. The van der Waals surface area contributed by atoms with Gasteiger partial charge < -0.3 is 4.74 Å². The highest BCUT2D eigenvalue weighted by molar-refractivity contribution is 5.83. The van der Waals surface area contributed by atoms with Gasteiger partial charge in [0.05, 0.1) is 0 Å². The average molecular weight is 340 g/mol. The molecule has 3 unspecified atom stereocenters. The van der Waals surface area contributed by atoms with Crippen molar-refractivity contribution in [2.45, 2.75) is 77.2 Å². The van der Waals surface area contributed by atoms with Gasteiger partial charge in [0.1, 0.15) is 11.4 Å². The Balaban J connectivity index is 1.54. The number of ether oxygens (including phenoxy) is 1. The Kier molecular flexibility index (Phi) is 3.08. The van der Waals surface area contributed by atoms with Gasteiger partial charge in [0.15, 0.2) is 0 Å². The van der Waals surface area contributed by atoms with Crippen LogP contribution < -0.4 is 0 Å². The fraction of sp³-hybridized carbons (Fsp3) is 0.727. The number of Topliss-reactive ketones (excluding diaryl/α,β-unsaturated/α-hetero) is 1. The van der Waals surface area contributed by atoms with Gasteiger partial charge in [-0.25, -0.2) is 0 Å². The number of hydrogen-bond acceptors (Lipinski definition) is 3. The number of carbonyl (C=O) groups is 2. The Hall–Kier alpha value is -1.38. The first kappa shape index (κ1) is 15.8. The predicted octanol–water partition coefficient (Wildman–Crippen LogP) is 4.51. The minimum atomic E-state index is -0.218. The molecule has 1 aliphatic heterocycles. The highest BCUT2D eigenvalue weighted by Gasteiger charge is 2.65. The molecule has 0 bridgehead atoms. The van der Waals surface area contributed by atoms with Crippen molar-refractivity contribution in [1.82, 2.24) is 0 Å². The highest BCUT2D eigenvalue weighted by atomic mass is 16.6. The molecule has 0 N–H and O–H groups in total. The molecular formula is C22H28O3. The number of rotatable bonds is 0. The third-order valence-electron chi connectivity index (χ3n) is 8.65. The first-order valence-electron chi connectivity index (χ1n) is 10.0. The van der Waals surface area contributed by atoms with Crippen molar-refractivity contribution in [3.8, 4) is 0 Å². The molecule has 3 heteroatoms. The minimum absolute atomic E-state index is 0.000215. The third-order valence-corrected chi connectivity index (χ3v) is 8.65. The molecule has 1 heterocycles. The van der Waals surface area contributed by atoms with E-state index in [0.717, 1.165) is 38.5 Å². The number of hydrogen-bond donors (Lipinski definition) is 0. The summed E-state index contributed by atoms with van der Waals surface area (Å²) in [5, 5.41) is 0. The van der Waals surface area contributed by atoms with Crippen molar-refractivity contribution < 1.29 is 14.3 Å². The van der Waals surface area contributed by atoms with Crippen LogP contribution in [-0.4, -0.2) is 17.4 Å². The topological polar surface area (TPSA) is 43.4 Å². The van der Waals surface area contributed by atoms with Crippen LogP contribution in [0.5, 0.6) is 0 Å². The number of allylic oxidation sites excluding steroid dienone is 4. The first-order valence-corrected chi connectivity index (χ1v) is 10.0. The Labute approximate surface area is 149 Å². The lowest BCUT2D eigenvalue weighted by molar-refractivity contribution is -0.160. The van der Waals surface area contributed by atoms with Gasteiger partial charge in [-0.2, -0.15) is 0 Å². The second-order valence-electron chi connectivity index (χ2n) is 9.51. The van der Waals surface area contributed by atoms with E-state index >= 15 is 0 Å². The summed E-state index contributed by atoms with van der Waals surface area (Å²) in [7, 11) is 0. The molecule has 3 nitrogen and oxygen atoms in total. The largest absolute Gasteiger partial charge is 0.458 e. The standard InChI is InChI=1S/C22H28O3/c1-20-9-5-15(23)13-14(20)3-4-16-17(20)6-10-21(2)18(16)7-11-22(21)12-8-19(24)25-22/h3,6,16,18H,4-5,7-13H2,1-2H3/t16?,18?,20-,21-,22?/m0/s1. The van der Waals surface area contributed by atoms with Gasteiger partial charge in [0, 0.05) is 30.1 Å². The van der Waals surface area contributed by atoms with Gasteiger partial charge in [-0.05, 0) is 50.4 Å². The fourth-order valence-electron chi connectivity index (χ4n) is 7.07. The Morgan fingerprint density at radius 3 is 2.68 bits per heavy atom. The minimum Gasteiger partial charge on any atom is -0.458 e. The zero-order valence-corrected chi connectivity index (χ0v) is 15.4. The molecule has 134 valence electrons. The van der Waals surface area contributed by atoms with Gasteiger partial charge >= 0.3 is 5.97 Å². The average Bonchev–Trinajstić information content (AvgIpc) is 3.10. The van der Waals surface area contributed by atoms with Gasteiger partial charge in [0.2, 0.25) is 0 Å². The predicted molar refractivity (Wildman–Crippen MR) is 94.7 cm³/mol. The third kappa shape index (κ3) is 1.88. The highest BCUT2D eigenvalue weighted by Crippen LogP contribution is 2.67. The quantitative estimate of drug-likeness (QED) is 0.481. The molecule has 0 amide bonds. The zero-order chi connectivity index (χ0) is 17.4. The lowest BCUT2D eigenvalue weighted by atomic mass is 9.51. The maximum absolute atomic E-state index is 11.9. The normalized spacial score (nSPS) is 48.4. The number of fused-ring (bicyclic) bond motifs is 6. The summed E-state index contributed by atoms with van der Waals surface area (Å²) in [6.07, 6.45) is 13.0. The summed E-state index contributed by atoms with van der Waals surface area (Å²) < 4.78 is 5.98.